The predicted molar refractivity (Wildman–Crippen MR) is 69.5 cm³/mol. The fourth-order valence-corrected chi connectivity index (χ4v) is 2.71. The van der Waals surface area contributed by atoms with E-state index >= 15 is 0 Å². The Balaban J connectivity index is 2.24. The molecular weight excluding hydrogens is 262 g/mol. The zero-order valence-corrected chi connectivity index (χ0v) is 11.0. The lowest BCUT2D eigenvalue weighted by Gasteiger charge is -2.29. The number of alkyl halides is 1. The van der Waals surface area contributed by atoms with Crippen LogP contribution < -0.4 is 4.90 Å². The molecule has 94 valence electrons. The molecule has 1 saturated carbocycles. The van der Waals surface area contributed by atoms with Crippen LogP contribution in [0.25, 0.3) is 0 Å². The minimum absolute atomic E-state index is 0.323. The van der Waals surface area contributed by atoms with E-state index in [4.69, 9.17) is 23.2 Å². The second kappa shape index (κ2) is 5.87. The topological polar surface area (TPSA) is 16.1 Å². The van der Waals surface area contributed by atoms with Gasteiger partial charge in [0.05, 0.1) is 5.02 Å². The summed E-state index contributed by atoms with van der Waals surface area (Å²) in [5.74, 6) is 0.483. The Hall–Kier alpha value is -0.540. The van der Waals surface area contributed by atoms with Gasteiger partial charge in [-0.25, -0.2) is 9.37 Å². The number of rotatable bonds is 4. The van der Waals surface area contributed by atoms with E-state index < -0.39 is 0 Å². The maximum Gasteiger partial charge on any atom is 0.167 e. The van der Waals surface area contributed by atoms with Crippen molar-refractivity contribution in [2.75, 3.05) is 17.3 Å². The molecule has 2 nitrogen and oxygen atoms in total. The van der Waals surface area contributed by atoms with Crippen LogP contribution in [0.2, 0.25) is 5.02 Å². The molecule has 1 heterocycles. The highest BCUT2D eigenvalue weighted by Gasteiger charge is 2.25. The highest BCUT2D eigenvalue weighted by molar-refractivity contribution is 6.30. The lowest BCUT2D eigenvalue weighted by Crippen LogP contribution is -2.36. The number of nitrogens with zero attached hydrogens (tertiary/aromatic N) is 2. The molecule has 0 aliphatic heterocycles. The van der Waals surface area contributed by atoms with Crippen molar-refractivity contribution in [2.24, 2.45) is 0 Å². The molecule has 2 rings (SSSR count). The van der Waals surface area contributed by atoms with Crippen molar-refractivity contribution < 1.29 is 4.39 Å². The fraction of sp³-hybridized carbons (Fsp3) is 0.583. The van der Waals surface area contributed by atoms with Crippen LogP contribution in [-0.2, 0) is 0 Å². The molecule has 1 aliphatic carbocycles. The van der Waals surface area contributed by atoms with Crippen molar-refractivity contribution in [1.29, 1.82) is 0 Å². The number of aromatic nitrogens is 1. The maximum absolute atomic E-state index is 13.8. The predicted octanol–water partition coefficient (Wildman–Crippen LogP) is 3.86. The Morgan fingerprint density at radius 1 is 1.41 bits per heavy atom. The minimum Gasteiger partial charge on any atom is -0.350 e. The first kappa shape index (κ1) is 12.9. The average molecular weight is 277 g/mol. The summed E-state index contributed by atoms with van der Waals surface area (Å²) in [6, 6.07) is 1.66. The first-order valence-electron chi connectivity index (χ1n) is 5.86. The van der Waals surface area contributed by atoms with Gasteiger partial charge in [-0.2, -0.15) is 0 Å². The number of anilines is 1. The maximum atomic E-state index is 13.8. The van der Waals surface area contributed by atoms with E-state index in [0.29, 0.717) is 29.3 Å². The highest BCUT2D eigenvalue weighted by atomic mass is 35.5. The molecular formula is C12H15Cl2FN2. The third-order valence-electron chi connectivity index (χ3n) is 3.15. The Morgan fingerprint density at radius 3 is 2.71 bits per heavy atom. The molecule has 0 saturated heterocycles. The van der Waals surface area contributed by atoms with Gasteiger partial charge < -0.3 is 4.90 Å². The molecule has 1 aliphatic rings. The van der Waals surface area contributed by atoms with Crippen LogP contribution >= 0.6 is 23.2 Å². The third-order valence-corrected chi connectivity index (χ3v) is 3.53. The second-order valence-electron chi connectivity index (χ2n) is 4.28. The van der Waals surface area contributed by atoms with Crippen LogP contribution in [0, 0.1) is 5.82 Å². The standard InChI is InChI=1S/C12H15Cl2FN2/c13-5-6-17(10-3-1-2-4-10)12-11(15)7-9(14)8-16-12/h7-8,10H,1-6H2. The Morgan fingerprint density at radius 2 is 2.12 bits per heavy atom. The van der Waals surface area contributed by atoms with E-state index in [1.165, 1.54) is 25.1 Å². The van der Waals surface area contributed by atoms with Crippen molar-refractivity contribution in [3.8, 4) is 0 Å². The van der Waals surface area contributed by atoms with Crippen molar-refractivity contribution >= 4 is 29.0 Å². The third kappa shape index (κ3) is 3.02. The SMILES string of the molecule is Fc1cc(Cl)cnc1N(CCCl)C1CCCC1. The number of halogens is 3. The number of pyridine rings is 1. The van der Waals surface area contributed by atoms with Gasteiger partial charge in [-0.3, -0.25) is 0 Å². The van der Waals surface area contributed by atoms with Gasteiger partial charge in [0.1, 0.15) is 0 Å². The summed E-state index contributed by atoms with van der Waals surface area (Å²) in [5, 5.41) is 0.323. The van der Waals surface area contributed by atoms with Crippen LogP contribution in [0.15, 0.2) is 12.3 Å². The van der Waals surface area contributed by atoms with E-state index in [1.54, 1.807) is 0 Å². The highest BCUT2D eigenvalue weighted by Crippen LogP contribution is 2.29. The lowest BCUT2D eigenvalue weighted by atomic mass is 10.2. The van der Waals surface area contributed by atoms with E-state index in [1.807, 2.05) is 4.90 Å². The Kier molecular flexibility index (Phi) is 4.46. The van der Waals surface area contributed by atoms with Crippen LogP contribution in [0.3, 0.4) is 0 Å². The van der Waals surface area contributed by atoms with Crippen LogP contribution in [0.1, 0.15) is 25.7 Å². The van der Waals surface area contributed by atoms with E-state index in [9.17, 15) is 4.39 Å². The van der Waals surface area contributed by atoms with Gasteiger partial charge in [-0.15, -0.1) is 11.6 Å². The second-order valence-corrected chi connectivity index (χ2v) is 5.09. The number of hydrogen-bond donors (Lipinski definition) is 0. The normalized spacial score (nSPS) is 16.4. The van der Waals surface area contributed by atoms with Crippen LogP contribution in [0.5, 0.6) is 0 Å². The summed E-state index contributed by atoms with van der Waals surface area (Å²) in [7, 11) is 0. The first-order chi connectivity index (χ1) is 8.22. The lowest BCUT2D eigenvalue weighted by molar-refractivity contribution is 0.569. The summed E-state index contributed by atoms with van der Waals surface area (Å²) in [5.41, 5.74) is 0. The summed E-state index contributed by atoms with van der Waals surface area (Å²) >= 11 is 11.5. The summed E-state index contributed by atoms with van der Waals surface area (Å²) < 4.78 is 13.8. The summed E-state index contributed by atoms with van der Waals surface area (Å²) in [6.45, 7) is 0.623. The summed E-state index contributed by atoms with van der Waals surface area (Å²) in [6.07, 6.45) is 6.04. The van der Waals surface area contributed by atoms with E-state index in [-0.39, 0.29) is 5.82 Å². The molecule has 1 fully saturated rings. The molecule has 0 aromatic carbocycles. The molecule has 1 aromatic heterocycles. The van der Waals surface area contributed by atoms with E-state index in [2.05, 4.69) is 4.98 Å². The first-order valence-corrected chi connectivity index (χ1v) is 6.77. The molecule has 0 unspecified atom stereocenters. The monoisotopic (exact) mass is 276 g/mol. The van der Waals surface area contributed by atoms with Crippen molar-refractivity contribution in [3.05, 3.63) is 23.1 Å². The van der Waals surface area contributed by atoms with E-state index in [0.717, 1.165) is 12.8 Å². The fourth-order valence-electron chi connectivity index (χ4n) is 2.39. The molecule has 0 radical (unpaired) electrons. The Labute approximate surface area is 111 Å². The van der Waals surface area contributed by atoms with Gasteiger partial charge in [0.2, 0.25) is 0 Å². The minimum atomic E-state index is -0.366. The molecule has 5 heteroatoms. The zero-order chi connectivity index (χ0) is 12.3. The quantitative estimate of drug-likeness (QED) is 0.777. The van der Waals surface area contributed by atoms with Gasteiger partial charge in [0.15, 0.2) is 11.6 Å². The van der Waals surface area contributed by atoms with Gasteiger partial charge in [-0.1, -0.05) is 24.4 Å². The smallest absolute Gasteiger partial charge is 0.167 e. The van der Waals surface area contributed by atoms with Crippen molar-refractivity contribution in [2.45, 2.75) is 31.7 Å². The Bertz CT molecular complexity index is 381. The van der Waals surface area contributed by atoms with Crippen LogP contribution in [0.4, 0.5) is 10.2 Å². The molecule has 17 heavy (non-hydrogen) atoms. The average Bonchev–Trinajstić information content (AvgIpc) is 2.80. The molecule has 1 aromatic rings. The zero-order valence-electron chi connectivity index (χ0n) is 9.50. The molecule has 0 amide bonds. The summed E-state index contributed by atoms with van der Waals surface area (Å²) in [4.78, 5) is 6.08. The van der Waals surface area contributed by atoms with Crippen molar-refractivity contribution in [3.63, 3.8) is 0 Å². The molecule has 0 atom stereocenters. The van der Waals surface area contributed by atoms with Gasteiger partial charge in [-0.05, 0) is 18.9 Å². The van der Waals surface area contributed by atoms with Crippen LogP contribution in [-0.4, -0.2) is 23.5 Å². The molecule has 0 spiro atoms. The largest absolute Gasteiger partial charge is 0.350 e. The molecule has 0 N–H and O–H groups in total. The van der Waals surface area contributed by atoms with Gasteiger partial charge in [0.25, 0.3) is 0 Å². The number of hydrogen-bond acceptors (Lipinski definition) is 2. The van der Waals surface area contributed by atoms with Gasteiger partial charge in [0, 0.05) is 24.7 Å². The van der Waals surface area contributed by atoms with Crippen molar-refractivity contribution in [1.82, 2.24) is 4.98 Å². The van der Waals surface area contributed by atoms with Gasteiger partial charge >= 0.3 is 0 Å². The molecule has 0 bridgehead atoms.